The van der Waals surface area contributed by atoms with Crippen LogP contribution in [-0.2, 0) is 4.79 Å². The van der Waals surface area contributed by atoms with Crippen molar-refractivity contribution in [3.63, 3.8) is 0 Å². The summed E-state index contributed by atoms with van der Waals surface area (Å²) < 4.78 is 5.78. The van der Waals surface area contributed by atoms with Gasteiger partial charge in [0.1, 0.15) is 0 Å². The second-order valence-corrected chi connectivity index (χ2v) is 8.07. The van der Waals surface area contributed by atoms with Crippen LogP contribution in [0, 0.1) is 6.92 Å². The van der Waals surface area contributed by atoms with Crippen LogP contribution in [0.15, 0.2) is 65.2 Å². The molecule has 4 aromatic rings. The maximum absolute atomic E-state index is 12.2. The minimum absolute atomic E-state index is 0.154. The lowest BCUT2D eigenvalue weighted by Crippen LogP contribution is -2.33. The zero-order chi connectivity index (χ0) is 22.7. The molecule has 0 aliphatic heterocycles. The van der Waals surface area contributed by atoms with Crippen molar-refractivity contribution in [1.82, 2.24) is 15.3 Å². The van der Waals surface area contributed by atoms with Gasteiger partial charge in [-0.25, -0.2) is 4.98 Å². The number of hydrogen-bond donors (Lipinski definition) is 2. The van der Waals surface area contributed by atoms with E-state index in [1.165, 1.54) is 6.08 Å². The van der Waals surface area contributed by atoms with Crippen LogP contribution in [0.4, 0.5) is 5.69 Å². The average Bonchev–Trinajstić information content (AvgIpc) is 3.19. The molecule has 0 aliphatic carbocycles. The molecule has 2 aromatic carbocycles. The number of fused-ring (bicyclic) bond motifs is 1. The normalized spacial score (nSPS) is 11.1. The number of benzene rings is 2. The van der Waals surface area contributed by atoms with Gasteiger partial charge in [0, 0.05) is 33.6 Å². The van der Waals surface area contributed by atoms with Gasteiger partial charge in [0.2, 0.25) is 11.8 Å². The summed E-state index contributed by atoms with van der Waals surface area (Å²) in [4.78, 5) is 20.8. The molecule has 0 fully saturated rings. The van der Waals surface area contributed by atoms with Crippen molar-refractivity contribution in [3.8, 4) is 11.5 Å². The number of thiocarbonyl (C=S) groups is 1. The minimum atomic E-state index is -0.396. The molecule has 0 bridgehead atoms. The van der Waals surface area contributed by atoms with Gasteiger partial charge in [0.05, 0.1) is 0 Å². The molecule has 2 heterocycles. The SMILES string of the molecule is Cc1ccc(-c2nc3ncccc3o2)cc1NC(=S)NC(=O)/C=C/c1ccc(Cl)cc1Cl. The molecule has 4 rings (SSSR count). The van der Waals surface area contributed by atoms with Crippen LogP contribution in [0.5, 0.6) is 0 Å². The van der Waals surface area contributed by atoms with Crippen LogP contribution in [0.1, 0.15) is 11.1 Å². The number of rotatable bonds is 4. The van der Waals surface area contributed by atoms with Gasteiger partial charge in [0.15, 0.2) is 16.3 Å². The van der Waals surface area contributed by atoms with Crippen molar-refractivity contribution in [1.29, 1.82) is 0 Å². The van der Waals surface area contributed by atoms with Crippen LogP contribution >= 0.6 is 35.4 Å². The zero-order valence-corrected chi connectivity index (χ0v) is 19.1. The maximum Gasteiger partial charge on any atom is 0.250 e. The third-order valence-corrected chi connectivity index (χ3v) is 5.28. The van der Waals surface area contributed by atoms with E-state index in [0.29, 0.717) is 38.4 Å². The number of aryl methyl sites for hydroxylation is 1. The van der Waals surface area contributed by atoms with E-state index in [2.05, 4.69) is 20.6 Å². The molecule has 0 radical (unpaired) electrons. The Morgan fingerprint density at radius 2 is 2.00 bits per heavy atom. The number of nitrogens with zero attached hydrogens (tertiary/aromatic N) is 2. The Morgan fingerprint density at radius 1 is 1.16 bits per heavy atom. The maximum atomic E-state index is 12.2. The van der Waals surface area contributed by atoms with Crippen molar-refractivity contribution in [2.24, 2.45) is 0 Å². The van der Waals surface area contributed by atoms with Gasteiger partial charge in [-0.2, -0.15) is 4.98 Å². The summed E-state index contributed by atoms with van der Waals surface area (Å²) in [5.74, 6) is 0.0480. The predicted octanol–water partition coefficient (Wildman–Crippen LogP) is 6.03. The van der Waals surface area contributed by atoms with Crippen LogP contribution < -0.4 is 10.6 Å². The van der Waals surface area contributed by atoms with Gasteiger partial charge in [0.25, 0.3) is 0 Å². The third kappa shape index (κ3) is 5.13. The molecule has 0 saturated carbocycles. The molecule has 2 aromatic heterocycles. The molecular formula is C23H16Cl2N4O2S. The first-order valence-electron chi connectivity index (χ1n) is 9.47. The summed E-state index contributed by atoms with van der Waals surface area (Å²) >= 11 is 17.3. The lowest BCUT2D eigenvalue weighted by molar-refractivity contribution is -0.115. The number of aromatic nitrogens is 2. The molecular weight excluding hydrogens is 467 g/mol. The number of nitrogens with one attached hydrogen (secondary N) is 2. The summed E-state index contributed by atoms with van der Waals surface area (Å²) in [5, 5.41) is 6.78. The zero-order valence-electron chi connectivity index (χ0n) is 16.7. The van der Waals surface area contributed by atoms with E-state index < -0.39 is 5.91 Å². The quantitative estimate of drug-likeness (QED) is 0.273. The van der Waals surface area contributed by atoms with Gasteiger partial charge in [-0.15, -0.1) is 0 Å². The highest BCUT2D eigenvalue weighted by Gasteiger charge is 2.11. The average molecular weight is 483 g/mol. The summed E-state index contributed by atoms with van der Waals surface area (Å²) in [6, 6.07) is 14.3. The van der Waals surface area contributed by atoms with Crippen molar-refractivity contribution >= 4 is 69.4 Å². The highest BCUT2D eigenvalue weighted by atomic mass is 35.5. The van der Waals surface area contributed by atoms with E-state index in [-0.39, 0.29) is 5.11 Å². The van der Waals surface area contributed by atoms with Gasteiger partial charge in [-0.3, -0.25) is 10.1 Å². The van der Waals surface area contributed by atoms with Crippen molar-refractivity contribution < 1.29 is 9.21 Å². The Kier molecular flexibility index (Phi) is 6.50. The Labute approximate surface area is 199 Å². The number of hydrogen-bond acceptors (Lipinski definition) is 5. The molecule has 0 unspecified atom stereocenters. The summed E-state index contributed by atoms with van der Waals surface area (Å²) in [7, 11) is 0. The number of carbonyl (C=O) groups excluding carboxylic acids is 1. The van der Waals surface area contributed by atoms with Crippen LogP contribution in [0.2, 0.25) is 10.0 Å². The highest BCUT2D eigenvalue weighted by Crippen LogP contribution is 2.27. The van der Waals surface area contributed by atoms with E-state index >= 15 is 0 Å². The first-order chi connectivity index (χ1) is 15.4. The van der Waals surface area contributed by atoms with Crippen LogP contribution in [-0.4, -0.2) is 21.0 Å². The second-order valence-electron chi connectivity index (χ2n) is 6.82. The first kappa shape index (κ1) is 22.0. The number of halogens is 2. The number of pyridine rings is 1. The Balaban J connectivity index is 1.45. The van der Waals surface area contributed by atoms with Crippen molar-refractivity contribution in [2.75, 3.05) is 5.32 Å². The van der Waals surface area contributed by atoms with Crippen molar-refractivity contribution in [2.45, 2.75) is 6.92 Å². The molecule has 160 valence electrons. The van der Waals surface area contributed by atoms with Crippen LogP contribution in [0.25, 0.3) is 28.8 Å². The fourth-order valence-corrected chi connectivity index (χ4v) is 3.57. The Morgan fingerprint density at radius 3 is 2.78 bits per heavy atom. The molecule has 1 amide bonds. The Hall–Kier alpha value is -3.26. The van der Waals surface area contributed by atoms with Gasteiger partial charge >= 0.3 is 0 Å². The summed E-state index contributed by atoms with van der Waals surface area (Å²) in [6.45, 7) is 1.92. The van der Waals surface area contributed by atoms with E-state index in [9.17, 15) is 4.79 Å². The van der Waals surface area contributed by atoms with Crippen LogP contribution in [0.3, 0.4) is 0 Å². The Bertz CT molecular complexity index is 1330. The van der Waals surface area contributed by atoms with Gasteiger partial charge in [-0.05, 0) is 72.7 Å². The molecule has 0 spiro atoms. The monoisotopic (exact) mass is 482 g/mol. The minimum Gasteiger partial charge on any atom is -0.434 e. The molecule has 32 heavy (non-hydrogen) atoms. The lowest BCUT2D eigenvalue weighted by atomic mass is 10.1. The first-order valence-corrected chi connectivity index (χ1v) is 10.6. The molecule has 6 nitrogen and oxygen atoms in total. The largest absolute Gasteiger partial charge is 0.434 e. The second kappa shape index (κ2) is 9.48. The number of oxazole rings is 1. The summed E-state index contributed by atoms with van der Waals surface area (Å²) in [6.07, 6.45) is 4.59. The number of anilines is 1. The third-order valence-electron chi connectivity index (χ3n) is 4.51. The van der Waals surface area contributed by atoms with Crippen molar-refractivity contribution in [3.05, 3.63) is 82.0 Å². The van der Waals surface area contributed by atoms with E-state index in [0.717, 1.165) is 11.1 Å². The smallest absolute Gasteiger partial charge is 0.250 e. The molecule has 0 saturated heterocycles. The molecule has 9 heteroatoms. The molecule has 0 atom stereocenters. The highest BCUT2D eigenvalue weighted by molar-refractivity contribution is 7.80. The van der Waals surface area contributed by atoms with E-state index in [1.54, 1.807) is 36.5 Å². The topological polar surface area (TPSA) is 80.1 Å². The number of amides is 1. The molecule has 0 aliphatic rings. The molecule has 2 N–H and O–H groups in total. The predicted molar refractivity (Wildman–Crippen MR) is 132 cm³/mol. The standard InChI is InChI=1S/C23H16Cl2N4O2S/c1-13-4-5-15(22-29-21-19(31-22)3-2-10-26-21)11-18(13)27-23(32)28-20(30)9-7-14-6-8-16(24)12-17(14)25/h2-12H,1H3,(H2,27,28,30,32)/b9-7+. The van der Waals surface area contributed by atoms with E-state index in [4.69, 9.17) is 39.8 Å². The fourth-order valence-electron chi connectivity index (χ4n) is 2.89. The van der Waals surface area contributed by atoms with Gasteiger partial charge < -0.3 is 9.73 Å². The number of carbonyl (C=O) groups is 1. The van der Waals surface area contributed by atoms with E-state index in [1.807, 2.05) is 31.2 Å². The van der Waals surface area contributed by atoms with Gasteiger partial charge in [-0.1, -0.05) is 35.3 Å². The lowest BCUT2D eigenvalue weighted by Gasteiger charge is -2.11. The fraction of sp³-hybridized carbons (Fsp3) is 0.0435. The summed E-state index contributed by atoms with van der Waals surface area (Å²) in [5.41, 5.74) is 4.21.